The number of nitrogens with zero attached hydrogens (tertiary/aromatic N) is 3. The van der Waals surface area contributed by atoms with Gasteiger partial charge < -0.3 is 25.2 Å². The molecule has 1 unspecified atom stereocenters. The van der Waals surface area contributed by atoms with E-state index in [4.69, 9.17) is 4.74 Å². The van der Waals surface area contributed by atoms with Gasteiger partial charge in [0.05, 0.1) is 24.1 Å². The number of aromatic nitrogens is 1. The fourth-order valence-electron chi connectivity index (χ4n) is 3.05. The quantitative estimate of drug-likeness (QED) is 0.848. The van der Waals surface area contributed by atoms with Crippen LogP contribution in [0.3, 0.4) is 0 Å². The minimum Gasteiger partial charge on any atom is -0.376 e. The van der Waals surface area contributed by atoms with Gasteiger partial charge in [0.15, 0.2) is 0 Å². The zero-order valence-corrected chi connectivity index (χ0v) is 16.1. The molecular formula is C20H27N5O2. The van der Waals surface area contributed by atoms with E-state index in [-0.39, 0.29) is 12.1 Å². The Morgan fingerprint density at radius 2 is 2.11 bits per heavy atom. The molecule has 2 amide bonds. The molecule has 1 fully saturated rings. The van der Waals surface area contributed by atoms with Crippen molar-refractivity contribution in [3.8, 4) is 0 Å². The predicted molar refractivity (Wildman–Crippen MR) is 108 cm³/mol. The van der Waals surface area contributed by atoms with Gasteiger partial charge in [-0.1, -0.05) is 18.2 Å². The third-order valence-electron chi connectivity index (χ3n) is 4.46. The van der Waals surface area contributed by atoms with Crippen LogP contribution in [0.2, 0.25) is 0 Å². The molecule has 1 aliphatic heterocycles. The number of nitrogens with one attached hydrogen (secondary N) is 2. The zero-order valence-electron chi connectivity index (χ0n) is 16.1. The molecule has 0 spiro atoms. The van der Waals surface area contributed by atoms with Crippen molar-refractivity contribution in [2.45, 2.75) is 19.6 Å². The van der Waals surface area contributed by atoms with Gasteiger partial charge in [0.2, 0.25) is 0 Å². The van der Waals surface area contributed by atoms with Gasteiger partial charge in [0.1, 0.15) is 5.82 Å². The molecule has 2 N–H and O–H groups in total. The molecule has 0 bridgehead atoms. The summed E-state index contributed by atoms with van der Waals surface area (Å²) >= 11 is 0. The second kappa shape index (κ2) is 8.73. The van der Waals surface area contributed by atoms with Crippen molar-refractivity contribution in [1.82, 2.24) is 10.3 Å². The van der Waals surface area contributed by atoms with E-state index in [2.05, 4.69) is 27.4 Å². The second-order valence-corrected chi connectivity index (χ2v) is 6.87. The van der Waals surface area contributed by atoms with Gasteiger partial charge in [-0.3, -0.25) is 0 Å². The molecule has 144 valence electrons. The Hall–Kier alpha value is -2.80. The number of morpholine rings is 1. The topological polar surface area (TPSA) is 69.7 Å². The first-order valence-electron chi connectivity index (χ1n) is 9.15. The number of anilines is 3. The molecule has 1 saturated heterocycles. The number of amides is 2. The minimum atomic E-state index is -0.240. The number of benzene rings is 1. The molecule has 0 aliphatic carbocycles. The summed E-state index contributed by atoms with van der Waals surface area (Å²) < 4.78 is 5.56. The number of rotatable bonds is 5. The number of carbonyl (C=O) groups is 1. The van der Waals surface area contributed by atoms with Crippen LogP contribution in [0.4, 0.5) is 22.0 Å². The van der Waals surface area contributed by atoms with Crippen LogP contribution < -0.4 is 20.4 Å². The monoisotopic (exact) mass is 369 g/mol. The van der Waals surface area contributed by atoms with Crippen LogP contribution in [0, 0.1) is 0 Å². The van der Waals surface area contributed by atoms with Crippen molar-refractivity contribution in [3.63, 3.8) is 0 Å². The van der Waals surface area contributed by atoms with Crippen LogP contribution in [0.25, 0.3) is 0 Å². The molecule has 1 atom stereocenters. The Labute approximate surface area is 160 Å². The lowest BCUT2D eigenvalue weighted by Gasteiger charge is -2.32. The molecule has 1 aromatic carbocycles. The fourth-order valence-corrected chi connectivity index (χ4v) is 3.05. The van der Waals surface area contributed by atoms with E-state index in [0.29, 0.717) is 6.54 Å². The van der Waals surface area contributed by atoms with Crippen molar-refractivity contribution in [2.24, 2.45) is 0 Å². The van der Waals surface area contributed by atoms with Crippen molar-refractivity contribution in [2.75, 3.05) is 48.9 Å². The molecule has 1 aliphatic rings. The summed E-state index contributed by atoms with van der Waals surface area (Å²) in [6, 6.07) is 11.4. The van der Waals surface area contributed by atoms with E-state index in [1.807, 2.05) is 61.6 Å². The van der Waals surface area contributed by atoms with Gasteiger partial charge >= 0.3 is 6.03 Å². The summed E-state index contributed by atoms with van der Waals surface area (Å²) in [6.07, 6.45) is 2.03. The average Bonchev–Trinajstić information content (AvgIpc) is 2.67. The highest BCUT2D eigenvalue weighted by molar-refractivity contribution is 5.93. The predicted octanol–water partition coefficient (Wildman–Crippen LogP) is 2.69. The highest BCUT2D eigenvalue weighted by Crippen LogP contribution is 2.23. The molecule has 3 rings (SSSR count). The lowest BCUT2D eigenvalue weighted by atomic mass is 10.2. The number of carbonyl (C=O) groups excluding carboxylic acids is 1. The minimum absolute atomic E-state index is 0.218. The number of hydrogen-bond acceptors (Lipinski definition) is 5. The van der Waals surface area contributed by atoms with Crippen molar-refractivity contribution in [3.05, 3.63) is 48.2 Å². The van der Waals surface area contributed by atoms with Gasteiger partial charge in [-0.05, 0) is 30.7 Å². The largest absolute Gasteiger partial charge is 0.376 e. The summed E-state index contributed by atoms with van der Waals surface area (Å²) in [5, 5.41) is 5.77. The molecule has 2 aromatic rings. The Morgan fingerprint density at radius 1 is 1.30 bits per heavy atom. The molecule has 1 aromatic heterocycles. The number of para-hydroxylation sites is 2. The van der Waals surface area contributed by atoms with E-state index < -0.39 is 0 Å². The van der Waals surface area contributed by atoms with Gasteiger partial charge in [-0.2, -0.15) is 0 Å². The Morgan fingerprint density at radius 3 is 2.81 bits per heavy atom. The summed E-state index contributed by atoms with van der Waals surface area (Å²) in [7, 11) is 3.89. The first-order valence-corrected chi connectivity index (χ1v) is 9.15. The SMILES string of the molecule is CC1CN(c2ccc(CNC(=O)Nc3ccccc3N(C)C)cn2)CCO1. The van der Waals surface area contributed by atoms with Gasteiger partial charge in [-0.25, -0.2) is 9.78 Å². The van der Waals surface area contributed by atoms with E-state index in [0.717, 1.165) is 42.5 Å². The van der Waals surface area contributed by atoms with Crippen LogP contribution in [0.1, 0.15) is 12.5 Å². The molecule has 27 heavy (non-hydrogen) atoms. The molecule has 2 heterocycles. The second-order valence-electron chi connectivity index (χ2n) is 6.87. The maximum absolute atomic E-state index is 12.2. The Balaban J connectivity index is 1.53. The Bertz CT molecular complexity index is 763. The number of hydrogen-bond donors (Lipinski definition) is 2. The first kappa shape index (κ1) is 19.0. The Kier molecular flexibility index (Phi) is 6.13. The average molecular weight is 369 g/mol. The van der Waals surface area contributed by atoms with Gasteiger partial charge in [0.25, 0.3) is 0 Å². The summed E-state index contributed by atoms with van der Waals surface area (Å²) in [5.74, 6) is 0.943. The third-order valence-corrected chi connectivity index (χ3v) is 4.46. The number of ether oxygens (including phenoxy) is 1. The van der Waals surface area contributed by atoms with Crippen LogP contribution in [0.15, 0.2) is 42.6 Å². The van der Waals surface area contributed by atoms with Crippen LogP contribution in [-0.2, 0) is 11.3 Å². The standard InChI is InChI=1S/C20H27N5O2/c1-15-14-25(10-11-27-15)19-9-8-16(12-21-19)13-22-20(26)23-17-6-4-5-7-18(17)24(2)3/h4-9,12,15H,10-11,13-14H2,1-3H3,(H2,22,23,26). The van der Waals surface area contributed by atoms with Crippen molar-refractivity contribution in [1.29, 1.82) is 0 Å². The molecule has 0 saturated carbocycles. The highest BCUT2D eigenvalue weighted by Gasteiger charge is 2.17. The molecule has 0 radical (unpaired) electrons. The van der Waals surface area contributed by atoms with Gasteiger partial charge in [0, 0.05) is 39.9 Å². The molecule has 7 heteroatoms. The van der Waals surface area contributed by atoms with E-state index in [1.54, 1.807) is 0 Å². The van der Waals surface area contributed by atoms with Crippen LogP contribution in [-0.4, -0.2) is 50.9 Å². The van der Waals surface area contributed by atoms with E-state index in [1.165, 1.54) is 0 Å². The normalized spacial score (nSPS) is 16.7. The molecule has 7 nitrogen and oxygen atoms in total. The maximum Gasteiger partial charge on any atom is 0.319 e. The lowest BCUT2D eigenvalue weighted by molar-refractivity contribution is 0.0529. The molecular weight excluding hydrogens is 342 g/mol. The van der Waals surface area contributed by atoms with E-state index >= 15 is 0 Å². The first-order chi connectivity index (χ1) is 13.0. The van der Waals surface area contributed by atoms with Gasteiger partial charge in [-0.15, -0.1) is 0 Å². The summed E-state index contributed by atoms with van der Waals surface area (Å²) in [5.41, 5.74) is 2.68. The van der Waals surface area contributed by atoms with E-state index in [9.17, 15) is 4.79 Å². The summed E-state index contributed by atoms with van der Waals surface area (Å²) in [4.78, 5) is 20.9. The highest BCUT2D eigenvalue weighted by atomic mass is 16.5. The van der Waals surface area contributed by atoms with Crippen LogP contribution in [0.5, 0.6) is 0 Å². The number of urea groups is 1. The zero-order chi connectivity index (χ0) is 19.2. The smallest absolute Gasteiger partial charge is 0.319 e. The third kappa shape index (κ3) is 5.10. The fraction of sp³-hybridized carbons (Fsp3) is 0.400. The maximum atomic E-state index is 12.2. The van der Waals surface area contributed by atoms with Crippen molar-refractivity contribution < 1.29 is 9.53 Å². The lowest BCUT2D eigenvalue weighted by Crippen LogP contribution is -2.41. The summed E-state index contributed by atoms with van der Waals surface area (Å²) in [6.45, 7) is 4.90. The van der Waals surface area contributed by atoms with Crippen molar-refractivity contribution >= 4 is 23.2 Å². The number of pyridine rings is 1. The van der Waals surface area contributed by atoms with Crippen LogP contribution >= 0.6 is 0 Å².